The van der Waals surface area contributed by atoms with Gasteiger partial charge in [0.05, 0.1) is 12.0 Å². The van der Waals surface area contributed by atoms with Crippen LogP contribution in [0.3, 0.4) is 0 Å². The van der Waals surface area contributed by atoms with E-state index >= 15 is 0 Å². The molecule has 0 aromatic carbocycles. The zero-order valence-electron chi connectivity index (χ0n) is 10.6. The fraction of sp³-hybridized carbons (Fsp3) is 0.750. The molecule has 0 aliphatic carbocycles. The van der Waals surface area contributed by atoms with Gasteiger partial charge < -0.3 is 9.88 Å². The van der Waals surface area contributed by atoms with E-state index in [1.54, 1.807) is 0 Å². The van der Waals surface area contributed by atoms with Gasteiger partial charge in [0.25, 0.3) is 0 Å². The molecule has 0 radical (unpaired) electrons. The van der Waals surface area contributed by atoms with Gasteiger partial charge in [0, 0.05) is 47.1 Å². The van der Waals surface area contributed by atoms with E-state index in [9.17, 15) is 4.21 Å². The summed E-state index contributed by atoms with van der Waals surface area (Å²) in [7, 11) is -0.590. The van der Waals surface area contributed by atoms with Crippen LogP contribution >= 0.6 is 0 Å². The molecule has 1 aliphatic rings. The number of nitrogens with one attached hydrogen (secondary N) is 1. The molecule has 1 fully saturated rings. The van der Waals surface area contributed by atoms with Crippen molar-refractivity contribution in [3.8, 4) is 0 Å². The monoisotopic (exact) mass is 255 g/mol. The van der Waals surface area contributed by atoms with Crippen molar-refractivity contribution >= 4 is 10.8 Å². The van der Waals surface area contributed by atoms with Crippen molar-refractivity contribution in [3.05, 3.63) is 18.2 Å². The van der Waals surface area contributed by atoms with Crippen molar-refractivity contribution in [1.29, 1.82) is 0 Å². The van der Waals surface area contributed by atoms with E-state index < -0.39 is 10.8 Å². The molecular formula is C12H21N3OS. The zero-order valence-corrected chi connectivity index (χ0v) is 11.4. The van der Waals surface area contributed by atoms with Crippen LogP contribution in [-0.4, -0.2) is 31.3 Å². The minimum absolute atomic E-state index is 0.484. The highest BCUT2D eigenvalue weighted by Gasteiger charge is 2.20. The Morgan fingerprint density at radius 2 is 2.24 bits per heavy atom. The lowest BCUT2D eigenvalue weighted by molar-refractivity contribution is 0.438. The first-order valence-corrected chi connectivity index (χ1v) is 7.74. The molecule has 96 valence electrons. The van der Waals surface area contributed by atoms with Crippen LogP contribution in [-0.2, 0) is 17.3 Å². The summed E-state index contributed by atoms with van der Waals surface area (Å²) in [5.74, 6) is 1.67. The highest BCUT2D eigenvalue weighted by atomic mass is 32.2. The number of rotatable bonds is 4. The van der Waals surface area contributed by atoms with Crippen LogP contribution in [0.5, 0.6) is 0 Å². The lowest BCUT2D eigenvalue weighted by Gasteiger charge is -2.24. The van der Waals surface area contributed by atoms with Crippen LogP contribution in [0.4, 0.5) is 0 Å². The van der Waals surface area contributed by atoms with Gasteiger partial charge in [0.1, 0.15) is 0 Å². The van der Waals surface area contributed by atoms with Crippen LogP contribution in [0.1, 0.15) is 38.4 Å². The van der Waals surface area contributed by atoms with Crippen molar-refractivity contribution in [2.45, 2.75) is 45.3 Å². The summed E-state index contributed by atoms with van der Waals surface area (Å²) in [6.45, 7) is 5.15. The van der Waals surface area contributed by atoms with Gasteiger partial charge in [0.15, 0.2) is 0 Å². The second-order valence-electron chi connectivity index (χ2n) is 4.91. The maximum absolute atomic E-state index is 11.4. The van der Waals surface area contributed by atoms with E-state index in [4.69, 9.17) is 0 Å². The summed E-state index contributed by atoms with van der Waals surface area (Å²) >= 11 is 0. The molecule has 17 heavy (non-hydrogen) atoms. The molecule has 1 saturated heterocycles. The molecule has 0 unspecified atom stereocenters. The molecular weight excluding hydrogens is 234 g/mol. The van der Waals surface area contributed by atoms with Gasteiger partial charge >= 0.3 is 0 Å². The number of hydrogen-bond donors (Lipinski definition) is 1. The van der Waals surface area contributed by atoms with Crippen LogP contribution < -0.4 is 5.32 Å². The lowest BCUT2D eigenvalue weighted by atomic mass is 10.1. The second kappa shape index (κ2) is 5.78. The topological polar surface area (TPSA) is 46.9 Å². The Labute approximate surface area is 105 Å². The maximum Gasteiger partial charge on any atom is 0.0951 e. The minimum atomic E-state index is -0.590. The van der Waals surface area contributed by atoms with E-state index in [-0.39, 0.29) is 0 Å². The fourth-order valence-corrected chi connectivity index (χ4v) is 3.44. The number of imidazole rings is 1. The van der Waals surface area contributed by atoms with Gasteiger partial charge in [-0.25, -0.2) is 4.98 Å². The number of aromatic nitrogens is 2. The van der Waals surface area contributed by atoms with E-state index in [1.807, 2.05) is 12.5 Å². The maximum atomic E-state index is 11.4. The summed E-state index contributed by atoms with van der Waals surface area (Å²) in [4.78, 5) is 4.24. The van der Waals surface area contributed by atoms with Crippen molar-refractivity contribution in [1.82, 2.24) is 14.9 Å². The van der Waals surface area contributed by atoms with Gasteiger partial charge in [-0.15, -0.1) is 0 Å². The minimum Gasteiger partial charge on any atom is -0.330 e. The third-order valence-electron chi connectivity index (χ3n) is 3.19. The first kappa shape index (κ1) is 12.8. The summed E-state index contributed by atoms with van der Waals surface area (Å²) in [6, 6.07) is 0.969. The Balaban J connectivity index is 2.00. The summed E-state index contributed by atoms with van der Waals surface area (Å²) in [5, 5.41) is 3.42. The largest absolute Gasteiger partial charge is 0.330 e. The van der Waals surface area contributed by atoms with Gasteiger partial charge in [-0.1, -0.05) is 13.8 Å². The molecule has 1 aromatic rings. The molecule has 5 heteroatoms. The molecule has 0 saturated carbocycles. The lowest BCUT2D eigenvalue weighted by Crippen LogP contribution is -2.26. The Hall–Kier alpha value is -0.680. The summed E-state index contributed by atoms with van der Waals surface area (Å²) in [6.07, 6.45) is 5.87. The molecule has 1 aliphatic heterocycles. The van der Waals surface area contributed by atoms with Crippen LogP contribution in [0.15, 0.2) is 12.5 Å². The van der Waals surface area contributed by atoms with E-state index in [0.717, 1.165) is 30.9 Å². The van der Waals surface area contributed by atoms with Crippen molar-refractivity contribution in [3.63, 3.8) is 0 Å². The fourth-order valence-electron chi connectivity index (χ4n) is 2.17. The third kappa shape index (κ3) is 3.39. The standard InChI is InChI=1S/C12H21N3OS/c1-10(2)14-8-12-7-13-9-15(12)11-3-5-17(16)6-4-11/h7,9-11,14H,3-6,8H2,1-2H3. The van der Waals surface area contributed by atoms with Crippen LogP contribution in [0, 0.1) is 0 Å². The summed E-state index contributed by atoms with van der Waals surface area (Å²) in [5.41, 5.74) is 1.23. The van der Waals surface area contributed by atoms with E-state index in [0.29, 0.717) is 12.1 Å². The van der Waals surface area contributed by atoms with Crippen LogP contribution in [0.25, 0.3) is 0 Å². The highest BCUT2D eigenvalue weighted by Crippen LogP contribution is 2.23. The molecule has 1 aromatic heterocycles. The Kier molecular flexibility index (Phi) is 4.34. The van der Waals surface area contributed by atoms with Gasteiger partial charge in [-0.2, -0.15) is 0 Å². The molecule has 2 heterocycles. The second-order valence-corrected chi connectivity index (χ2v) is 6.60. The molecule has 2 rings (SSSR count). The third-order valence-corrected chi connectivity index (χ3v) is 4.57. The van der Waals surface area contributed by atoms with Crippen molar-refractivity contribution in [2.75, 3.05) is 11.5 Å². The normalized spacial score (nSPS) is 25.4. The van der Waals surface area contributed by atoms with Gasteiger partial charge in [-0.05, 0) is 12.8 Å². The zero-order chi connectivity index (χ0) is 12.3. The number of nitrogens with zero attached hydrogens (tertiary/aromatic N) is 2. The Bertz CT molecular complexity index is 379. The molecule has 1 N–H and O–H groups in total. The van der Waals surface area contributed by atoms with Gasteiger partial charge in [-0.3, -0.25) is 4.21 Å². The van der Waals surface area contributed by atoms with Gasteiger partial charge in [0.2, 0.25) is 0 Å². The van der Waals surface area contributed by atoms with Crippen molar-refractivity contribution < 1.29 is 4.21 Å². The van der Waals surface area contributed by atoms with Crippen molar-refractivity contribution in [2.24, 2.45) is 0 Å². The predicted molar refractivity (Wildman–Crippen MR) is 70.4 cm³/mol. The SMILES string of the molecule is CC(C)NCc1cncn1C1CCS(=O)CC1. The molecule has 0 amide bonds. The first-order valence-electron chi connectivity index (χ1n) is 6.26. The molecule has 0 bridgehead atoms. The van der Waals surface area contributed by atoms with Crippen LogP contribution in [0.2, 0.25) is 0 Å². The quantitative estimate of drug-likeness (QED) is 0.886. The molecule has 0 spiro atoms. The predicted octanol–water partition coefficient (Wildman–Crippen LogP) is 1.46. The van der Waals surface area contributed by atoms with E-state index in [1.165, 1.54) is 5.69 Å². The summed E-state index contributed by atoms with van der Waals surface area (Å²) < 4.78 is 13.6. The molecule has 4 nitrogen and oxygen atoms in total. The highest BCUT2D eigenvalue weighted by molar-refractivity contribution is 7.85. The smallest absolute Gasteiger partial charge is 0.0951 e. The average molecular weight is 255 g/mol. The Morgan fingerprint density at radius 3 is 2.88 bits per heavy atom. The average Bonchev–Trinajstić information content (AvgIpc) is 2.75. The van der Waals surface area contributed by atoms with E-state index in [2.05, 4.69) is 28.7 Å². The Morgan fingerprint density at radius 1 is 1.53 bits per heavy atom. The molecule has 0 atom stereocenters. The number of hydrogen-bond acceptors (Lipinski definition) is 3. The first-order chi connectivity index (χ1) is 8.16.